The summed E-state index contributed by atoms with van der Waals surface area (Å²) in [5.74, 6) is -0.596. The molecule has 7 nitrogen and oxygen atoms in total. The molecule has 0 aliphatic rings. The van der Waals surface area contributed by atoms with Crippen LogP contribution in [0.5, 0.6) is 5.75 Å². The highest BCUT2D eigenvalue weighted by atomic mass is 16.5. The lowest BCUT2D eigenvalue weighted by Gasteiger charge is -2.09. The predicted molar refractivity (Wildman–Crippen MR) is 72.9 cm³/mol. The Kier molecular flexibility index (Phi) is 6.31. The second-order valence-corrected chi connectivity index (χ2v) is 3.98. The lowest BCUT2D eigenvalue weighted by molar-refractivity contribution is -0.146. The van der Waals surface area contributed by atoms with Crippen molar-refractivity contribution in [2.45, 2.75) is 19.4 Å². The first-order valence-corrected chi connectivity index (χ1v) is 6.21. The van der Waals surface area contributed by atoms with Crippen molar-refractivity contribution in [1.82, 2.24) is 5.32 Å². The Hall–Kier alpha value is -2.28. The zero-order valence-electron chi connectivity index (χ0n) is 11.1. The Labute approximate surface area is 116 Å². The fourth-order valence-corrected chi connectivity index (χ4v) is 1.42. The third-order valence-electron chi connectivity index (χ3n) is 2.41. The van der Waals surface area contributed by atoms with E-state index in [4.69, 9.17) is 14.9 Å². The number of aliphatic hydroxyl groups is 1. The smallest absolute Gasteiger partial charge is 0.332 e. The Bertz CT molecular complexity index is 447. The van der Waals surface area contributed by atoms with Gasteiger partial charge < -0.3 is 25.6 Å². The molecule has 1 aromatic carbocycles. The number of hydrogen-bond donors (Lipinski definition) is 4. The molecule has 7 heteroatoms. The minimum Gasteiger partial charge on any atom is -0.494 e. The zero-order valence-corrected chi connectivity index (χ0v) is 11.1. The molecular weight excluding hydrogens is 264 g/mol. The van der Waals surface area contributed by atoms with Crippen LogP contribution >= 0.6 is 0 Å². The third-order valence-corrected chi connectivity index (χ3v) is 2.41. The van der Waals surface area contributed by atoms with Gasteiger partial charge in [-0.1, -0.05) is 0 Å². The van der Waals surface area contributed by atoms with Crippen LogP contribution in [-0.2, 0) is 4.79 Å². The lowest BCUT2D eigenvalue weighted by atomic mass is 10.2. The van der Waals surface area contributed by atoms with Gasteiger partial charge >= 0.3 is 12.0 Å². The number of carbonyl (C=O) groups excluding carboxylic acids is 1. The summed E-state index contributed by atoms with van der Waals surface area (Å²) in [4.78, 5) is 21.9. The quantitative estimate of drug-likeness (QED) is 0.597. The Balaban J connectivity index is 2.33. The van der Waals surface area contributed by atoms with Gasteiger partial charge in [0.25, 0.3) is 0 Å². The van der Waals surface area contributed by atoms with Gasteiger partial charge in [0.2, 0.25) is 0 Å². The molecule has 0 aliphatic carbocycles. The number of benzene rings is 1. The Morgan fingerprint density at radius 2 is 1.95 bits per heavy atom. The normalized spacial score (nSPS) is 11.5. The van der Waals surface area contributed by atoms with Gasteiger partial charge in [-0.05, 0) is 31.2 Å². The van der Waals surface area contributed by atoms with Crippen molar-refractivity contribution >= 4 is 17.7 Å². The number of aliphatic carboxylic acids is 1. The summed E-state index contributed by atoms with van der Waals surface area (Å²) in [6.45, 7) is 2.51. The Morgan fingerprint density at radius 3 is 2.50 bits per heavy atom. The topological polar surface area (TPSA) is 108 Å². The number of aliphatic hydroxyl groups excluding tert-OH is 1. The minimum atomic E-state index is -1.47. The Morgan fingerprint density at radius 1 is 1.30 bits per heavy atom. The molecule has 0 heterocycles. The molecule has 0 aromatic heterocycles. The van der Waals surface area contributed by atoms with Crippen LogP contribution in [0.1, 0.15) is 13.3 Å². The third kappa shape index (κ3) is 5.57. The molecule has 1 atom stereocenters. The second kappa shape index (κ2) is 8.00. The highest BCUT2D eigenvalue weighted by Crippen LogP contribution is 2.15. The summed E-state index contributed by atoms with van der Waals surface area (Å²) in [5, 5.41) is 22.5. The van der Waals surface area contributed by atoms with Crippen LogP contribution in [0.4, 0.5) is 10.5 Å². The van der Waals surface area contributed by atoms with Crippen LogP contribution < -0.4 is 15.4 Å². The molecule has 0 radical (unpaired) electrons. The molecule has 4 N–H and O–H groups in total. The van der Waals surface area contributed by atoms with Crippen molar-refractivity contribution < 1.29 is 24.5 Å². The van der Waals surface area contributed by atoms with E-state index in [0.717, 1.165) is 0 Å². The van der Waals surface area contributed by atoms with E-state index in [1.807, 2.05) is 6.92 Å². The van der Waals surface area contributed by atoms with E-state index in [0.29, 0.717) is 18.0 Å². The van der Waals surface area contributed by atoms with E-state index in [1.165, 1.54) is 0 Å². The highest BCUT2D eigenvalue weighted by molar-refractivity contribution is 5.89. The van der Waals surface area contributed by atoms with E-state index >= 15 is 0 Å². The first-order chi connectivity index (χ1) is 9.52. The molecular formula is C13H18N2O5. The maximum atomic E-state index is 11.5. The maximum absolute atomic E-state index is 11.5. The van der Waals surface area contributed by atoms with Gasteiger partial charge in [-0.15, -0.1) is 0 Å². The van der Waals surface area contributed by atoms with E-state index < -0.39 is 18.1 Å². The number of hydrogen-bond acceptors (Lipinski definition) is 4. The molecule has 0 bridgehead atoms. The van der Waals surface area contributed by atoms with Crippen molar-refractivity contribution in [3.63, 3.8) is 0 Å². The molecule has 1 aromatic rings. The number of amides is 2. The number of nitrogens with one attached hydrogen (secondary N) is 2. The summed E-state index contributed by atoms with van der Waals surface area (Å²) in [7, 11) is 0. The van der Waals surface area contributed by atoms with E-state index in [-0.39, 0.29) is 13.0 Å². The second-order valence-electron chi connectivity index (χ2n) is 3.98. The molecule has 1 unspecified atom stereocenters. The summed E-state index contributed by atoms with van der Waals surface area (Å²) in [5.41, 5.74) is 0.588. The number of rotatable bonds is 7. The molecule has 0 spiro atoms. The van der Waals surface area contributed by atoms with Crippen LogP contribution in [0.25, 0.3) is 0 Å². The van der Waals surface area contributed by atoms with Gasteiger partial charge in [-0.2, -0.15) is 0 Å². The number of carbonyl (C=O) groups is 2. The molecule has 0 saturated heterocycles. The molecule has 1 rings (SSSR count). The maximum Gasteiger partial charge on any atom is 0.332 e. The van der Waals surface area contributed by atoms with Crippen LogP contribution in [0.3, 0.4) is 0 Å². The predicted octanol–water partition coefficient (Wildman–Crippen LogP) is 1.04. The molecule has 2 amide bonds. The van der Waals surface area contributed by atoms with E-state index in [2.05, 4.69) is 10.6 Å². The van der Waals surface area contributed by atoms with Gasteiger partial charge in [-0.25, -0.2) is 9.59 Å². The van der Waals surface area contributed by atoms with E-state index in [9.17, 15) is 9.59 Å². The van der Waals surface area contributed by atoms with Crippen LogP contribution in [0.2, 0.25) is 0 Å². The summed E-state index contributed by atoms with van der Waals surface area (Å²) in [6.07, 6.45) is -1.52. The van der Waals surface area contributed by atoms with Crippen LogP contribution in [0, 0.1) is 0 Å². The van der Waals surface area contributed by atoms with Crippen molar-refractivity contribution in [3.8, 4) is 5.75 Å². The van der Waals surface area contributed by atoms with Crippen molar-refractivity contribution in [2.75, 3.05) is 18.5 Å². The molecule has 0 saturated carbocycles. The first kappa shape index (κ1) is 15.8. The van der Waals surface area contributed by atoms with Crippen LogP contribution in [0.15, 0.2) is 24.3 Å². The summed E-state index contributed by atoms with van der Waals surface area (Å²) in [6, 6.07) is 6.38. The van der Waals surface area contributed by atoms with Crippen molar-refractivity contribution in [1.29, 1.82) is 0 Å². The van der Waals surface area contributed by atoms with Gasteiger partial charge in [0, 0.05) is 18.7 Å². The number of carboxylic acids is 1. The number of carboxylic acid groups (broad SMARTS) is 1. The molecule has 0 fully saturated rings. The van der Waals surface area contributed by atoms with Gasteiger partial charge in [0.05, 0.1) is 6.61 Å². The monoisotopic (exact) mass is 282 g/mol. The van der Waals surface area contributed by atoms with Gasteiger partial charge in [0.15, 0.2) is 6.10 Å². The highest BCUT2D eigenvalue weighted by Gasteiger charge is 2.12. The average molecular weight is 282 g/mol. The van der Waals surface area contributed by atoms with Crippen molar-refractivity contribution in [3.05, 3.63) is 24.3 Å². The summed E-state index contributed by atoms with van der Waals surface area (Å²) >= 11 is 0. The average Bonchev–Trinajstić information content (AvgIpc) is 2.41. The van der Waals surface area contributed by atoms with Crippen molar-refractivity contribution in [2.24, 2.45) is 0 Å². The first-order valence-electron chi connectivity index (χ1n) is 6.21. The standard InChI is InChI=1S/C13H18N2O5/c1-2-20-10-5-3-9(4-6-10)15-13(19)14-8-7-11(16)12(17)18/h3-6,11,16H,2,7-8H2,1H3,(H,17,18)(H2,14,15,19). The zero-order chi connectivity index (χ0) is 15.0. The molecule has 110 valence electrons. The SMILES string of the molecule is CCOc1ccc(NC(=O)NCCC(O)C(=O)O)cc1. The number of anilines is 1. The summed E-state index contributed by atoms with van der Waals surface area (Å²) < 4.78 is 5.27. The molecule has 20 heavy (non-hydrogen) atoms. The fourth-order valence-electron chi connectivity index (χ4n) is 1.42. The fraction of sp³-hybridized carbons (Fsp3) is 0.385. The van der Waals surface area contributed by atoms with Gasteiger partial charge in [-0.3, -0.25) is 0 Å². The van der Waals surface area contributed by atoms with Crippen LogP contribution in [-0.4, -0.2) is 41.5 Å². The van der Waals surface area contributed by atoms with E-state index in [1.54, 1.807) is 24.3 Å². The van der Waals surface area contributed by atoms with Gasteiger partial charge in [0.1, 0.15) is 5.75 Å². The number of ether oxygens (including phenoxy) is 1. The molecule has 0 aliphatic heterocycles. The minimum absolute atomic E-state index is 0.0496. The lowest BCUT2D eigenvalue weighted by Crippen LogP contribution is -2.33. The largest absolute Gasteiger partial charge is 0.494 e. The number of urea groups is 1.